The molecule has 0 saturated carbocycles. The monoisotopic (exact) mass is 424 g/mol. The van der Waals surface area contributed by atoms with E-state index < -0.39 is 17.6 Å². The fraction of sp³-hybridized carbons (Fsp3) is 0.700. The molecule has 168 valence electrons. The molecule has 30 heavy (non-hydrogen) atoms. The minimum Gasteiger partial charge on any atom is -0.452 e. The van der Waals surface area contributed by atoms with E-state index >= 15 is 0 Å². The normalized spacial score (nSPS) is 16.0. The molecule has 0 bridgehead atoms. The van der Waals surface area contributed by atoms with Gasteiger partial charge in [-0.2, -0.15) is 0 Å². The number of anilines is 1. The summed E-state index contributed by atoms with van der Waals surface area (Å²) in [5.41, 5.74) is -0.518. The van der Waals surface area contributed by atoms with Gasteiger partial charge in [-0.05, 0) is 45.4 Å². The average molecular weight is 424 g/mol. The van der Waals surface area contributed by atoms with E-state index in [0.29, 0.717) is 26.1 Å². The van der Waals surface area contributed by atoms with E-state index in [1.54, 1.807) is 4.90 Å². The maximum atomic E-state index is 12.3. The summed E-state index contributed by atoms with van der Waals surface area (Å²) >= 11 is 0. The summed E-state index contributed by atoms with van der Waals surface area (Å²) in [5.74, 6) is -0.258. The summed E-state index contributed by atoms with van der Waals surface area (Å²) in [4.78, 5) is 39.3. The maximum absolute atomic E-state index is 12.3. The molecule has 1 fully saturated rings. The molecular formula is C20H32N4O6. The Labute approximate surface area is 176 Å². The molecule has 2 heterocycles. The highest BCUT2D eigenvalue weighted by Crippen LogP contribution is 2.35. The zero-order chi connectivity index (χ0) is 22.5. The van der Waals surface area contributed by atoms with E-state index in [1.807, 2.05) is 20.8 Å². The molecule has 0 atom stereocenters. The van der Waals surface area contributed by atoms with Crippen molar-refractivity contribution in [3.63, 3.8) is 0 Å². The Morgan fingerprint density at radius 2 is 1.93 bits per heavy atom. The number of ether oxygens (including phenoxy) is 2. The van der Waals surface area contributed by atoms with Gasteiger partial charge in [0.2, 0.25) is 5.88 Å². The zero-order valence-corrected chi connectivity index (χ0v) is 18.6. The number of nitrogens with one attached hydrogen (secondary N) is 1. The molecule has 10 heteroatoms. The van der Waals surface area contributed by atoms with Gasteiger partial charge in [-0.15, -0.1) is 0 Å². The minimum atomic E-state index is -0.593. The molecule has 1 aromatic heterocycles. The predicted molar refractivity (Wildman–Crippen MR) is 109 cm³/mol. The number of likely N-dealkylation sites (tertiary alicyclic amines) is 1. The second-order valence-corrected chi connectivity index (χ2v) is 8.78. The lowest BCUT2D eigenvalue weighted by Crippen LogP contribution is -2.45. The molecule has 0 radical (unpaired) electrons. The number of amides is 3. The number of hydrogen-bond donors (Lipinski definition) is 1. The molecule has 0 aromatic carbocycles. The summed E-state index contributed by atoms with van der Waals surface area (Å²) < 4.78 is 15.5. The van der Waals surface area contributed by atoms with Gasteiger partial charge in [0.25, 0.3) is 5.91 Å². The Kier molecular flexibility index (Phi) is 7.33. The average Bonchev–Trinajstić information content (AvgIpc) is 3.16. The van der Waals surface area contributed by atoms with Crippen LogP contribution in [-0.2, 0) is 9.47 Å². The molecule has 0 spiro atoms. The van der Waals surface area contributed by atoms with Crippen LogP contribution in [0.5, 0.6) is 0 Å². The van der Waals surface area contributed by atoms with Crippen LogP contribution in [0, 0.1) is 5.41 Å². The molecule has 1 aliphatic heterocycles. The van der Waals surface area contributed by atoms with Crippen LogP contribution in [0.25, 0.3) is 0 Å². The minimum absolute atomic E-state index is 0.0750. The fourth-order valence-corrected chi connectivity index (χ4v) is 3.22. The first-order chi connectivity index (χ1) is 14.0. The standard InChI is InChI=1S/C20H32N4O6/c1-19(2,3)29-17(26)23-10-7-20(4,8-11-23)9-12-24(18(27)28-6)15-13-14(22-30-15)16(25)21-5/h13H,7-12H2,1-6H3,(H,21,25). The molecule has 1 aliphatic rings. The van der Waals surface area contributed by atoms with E-state index in [9.17, 15) is 14.4 Å². The Bertz CT molecular complexity index is 762. The smallest absolute Gasteiger partial charge is 0.416 e. The van der Waals surface area contributed by atoms with E-state index in [4.69, 9.17) is 14.0 Å². The van der Waals surface area contributed by atoms with Crippen LogP contribution < -0.4 is 10.2 Å². The molecular weight excluding hydrogens is 392 g/mol. The molecule has 1 aromatic rings. The van der Waals surface area contributed by atoms with Crippen LogP contribution in [0.1, 0.15) is 57.4 Å². The van der Waals surface area contributed by atoms with Crippen molar-refractivity contribution in [1.29, 1.82) is 0 Å². The zero-order valence-electron chi connectivity index (χ0n) is 18.6. The lowest BCUT2D eigenvalue weighted by molar-refractivity contribution is 0.0113. The first-order valence-corrected chi connectivity index (χ1v) is 10.0. The molecule has 1 saturated heterocycles. The summed E-state index contributed by atoms with van der Waals surface area (Å²) in [6.07, 6.45) is 1.33. The topological polar surface area (TPSA) is 114 Å². The molecule has 3 amide bonds. The molecule has 0 aliphatic carbocycles. The number of aromatic nitrogens is 1. The summed E-state index contributed by atoms with van der Waals surface area (Å²) in [6, 6.07) is 1.41. The predicted octanol–water partition coefficient (Wildman–Crippen LogP) is 3.03. The molecule has 0 unspecified atom stereocenters. The van der Waals surface area contributed by atoms with Crippen molar-refractivity contribution in [2.75, 3.05) is 38.7 Å². The van der Waals surface area contributed by atoms with E-state index in [2.05, 4.69) is 17.4 Å². The summed E-state index contributed by atoms with van der Waals surface area (Å²) in [5, 5.41) is 6.16. The van der Waals surface area contributed by atoms with Gasteiger partial charge < -0.3 is 24.2 Å². The highest BCUT2D eigenvalue weighted by molar-refractivity contribution is 5.94. The Balaban J connectivity index is 1.99. The van der Waals surface area contributed by atoms with Crippen molar-refractivity contribution in [1.82, 2.24) is 15.4 Å². The summed E-state index contributed by atoms with van der Waals surface area (Å²) in [6.45, 7) is 9.18. The molecule has 1 N–H and O–H groups in total. The Hall–Kier alpha value is -2.78. The third-order valence-electron chi connectivity index (χ3n) is 5.18. The number of rotatable bonds is 5. The van der Waals surface area contributed by atoms with Crippen molar-refractivity contribution in [2.45, 2.75) is 52.6 Å². The Morgan fingerprint density at radius 3 is 2.47 bits per heavy atom. The van der Waals surface area contributed by atoms with Gasteiger partial charge in [0.1, 0.15) is 5.60 Å². The van der Waals surface area contributed by atoms with Crippen molar-refractivity contribution < 1.29 is 28.4 Å². The lowest BCUT2D eigenvalue weighted by atomic mass is 9.77. The van der Waals surface area contributed by atoms with Crippen LogP contribution in [0.4, 0.5) is 15.5 Å². The van der Waals surface area contributed by atoms with Gasteiger partial charge in [0.05, 0.1) is 7.11 Å². The maximum Gasteiger partial charge on any atom is 0.416 e. The third kappa shape index (κ3) is 6.11. The van der Waals surface area contributed by atoms with Crippen LogP contribution in [0.15, 0.2) is 10.6 Å². The summed E-state index contributed by atoms with van der Waals surface area (Å²) in [7, 11) is 2.77. The molecule has 10 nitrogen and oxygen atoms in total. The van der Waals surface area contributed by atoms with Gasteiger partial charge >= 0.3 is 12.2 Å². The van der Waals surface area contributed by atoms with Crippen LogP contribution in [-0.4, -0.2) is 67.5 Å². The van der Waals surface area contributed by atoms with E-state index in [-0.39, 0.29) is 23.1 Å². The second kappa shape index (κ2) is 9.36. The van der Waals surface area contributed by atoms with Gasteiger partial charge in [-0.25, -0.2) is 14.5 Å². The number of hydrogen-bond acceptors (Lipinski definition) is 7. The van der Waals surface area contributed by atoms with E-state index in [1.165, 1.54) is 25.1 Å². The van der Waals surface area contributed by atoms with Crippen LogP contribution in [0.3, 0.4) is 0 Å². The fourth-order valence-electron chi connectivity index (χ4n) is 3.22. The van der Waals surface area contributed by atoms with Gasteiger partial charge in [-0.3, -0.25) is 4.79 Å². The highest BCUT2D eigenvalue weighted by atomic mass is 16.6. The van der Waals surface area contributed by atoms with Crippen LogP contribution in [0.2, 0.25) is 0 Å². The number of carbonyl (C=O) groups is 3. The van der Waals surface area contributed by atoms with Crippen LogP contribution >= 0.6 is 0 Å². The van der Waals surface area contributed by atoms with Crippen molar-refractivity contribution >= 4 is 24.0 Å². The first kappa shape index (κ1) is 23.5. The number of piperidine rings is 1. The highest BCUT2D eigenvalue weighted by Gasteiger charge is 2.35. The van der Waals surface area contributed by atoms with Gasteiger partial charge in [-0.1, -0.05) is 12.1 Å². The number of methoxy groups -OCH3 is 1. The first-order valence-electron chi connectivity index (χ1n) is 10.0. The number of carbonyl (C=O) groups excluding carboxylic acids is 3. The van der Waals surface area contributed by atoms with Crippen molar-refractivity contribution in [3.05, 3.63) is 11.8 Å². The van der Waals surface area contributed by atoms with E-state index in [0.717, 1.165) is 12.8 Å². The largest absolute Gasteiger partial charge is 0.452 e. The quantitative estimate of drug-likeness (QED) is 0.772. The molecule has 2 rings (SSSR count). The number of nitrogens with zero attached hydrogens (tertiary/aromatic N) is 3. The van der Waals surface area contributed by atoms with Crippen molar-refractivity contribution in [3.8, 4) is 0 Å². The van der Waals surface area contributed by atoms with Gasteiger partial charge in [0, 0.05) is 32.7 Å². The van der Waals surface area contributed by atoms with Crippen molar-refractivity contribution in [2.24, 2.45) is 5.41 Å². The lowest BCUT2D eigenvalue weighted by Gasteiger charge is -2.40. The Morgan fingerprint density at radius 1 is 1.30 bits per heavy atom. The SMILES string of the molecule is CNC(=O)c1cc(N(CCC2(C)CCN(C(=O)OC(C)(C)C)CC2)C(=O)OC)on1. The third-order valence-corrected chi connectivity index (χ3v) is 5.18. The van der Waals surface area contributed by atoms with Gasteiger partial charge in [0.15, 0.2) is 5.69 Å². The second-order valence-electron chi connectivity index (χ2n) is 8.78.